The van der Waals surface area contributed by atoms with E-state index in [2.05, 4.69) is 16.9 Å². The molecule has 0 spiro atoms. The number of likely N-dealkylation sites (N-methyl/N-ethyl adjacent to an activating group) is 1. The molecular formula is C15H25N3O2. The van der Waals surface area contributed by atoms with E-state index < -0.39 is 0 Å². The Morgan fingerprint density at radius 1 is 1.55 bits per heavy atom. The molecule has 1 aliphatic heterocycles. The van der Waals surface area contributed by atoms with Crippen LogP contribution in [-0.4, -0.2) is 55.4 Å². The van der Waals surface area contributed by atoms with Crippen molar-refractivity contribution in [1.82, 2.24) is 9.88 Å². The first kappa shape index (κ1) is 15.2. The number of aryl methyl sites for hydroxylation is 1. The molecule has 0 aliphatic carbocycles. The average Bonchev–Trinajstić information content (AvgIpc) is 2.37. The van der Waals surface area contributed by atoms with Gasteiger partial charge in [0.25, 0.3) is 0 Å². The largest absolute Gasteiger partial charge is 0.489 e. The second kappa shape index (κ2) is 7.02. The van der Waals surface area contributed by atoms with Crippen LogP contribution in [0.4, 0.5) is 0 Å². The van der Waals surface area contributed by atoms with Gasteiger partial charge in [0, 0.05) is 31.2 Å². The zero-order valence-corrected chi connectivity index (χ0v) is 12.6. The molecule has 0 bridgehead atoms. The van der Waals surface area contributed by atoms with Crippen molar-refractivity contribution < 1.29 is 9.47 Å². The third-order valence-corrected chi connectivity index (χ3v) is 3.35. The highest BCUT2D eigenvalue weighted by atomic mass is 16.5. The van der Waals surface area contributed by atoms with Crippen molar-refractivity contribution in [3.8, 4) is 5.75 Å². The highest BCUT2D eigenvalue weighted by Gasteiger charge is 2.19. The van der Waals surface area contributed by atoms with Crippen LogP contribution in [0.1, 0.15) is 18.3 Å². The fourth-order valence-electron chi connectivity index (χ4n) is 2.33. The Bertz CT molecular complexity index is 437. The summed E-state index contributed by atoms with van der Waals surface area (Å²) in [5.41, 5.74) is 7.80. The minimum atomic E-state index is 0.0729. The number of nitrogens with zero attached hydrogens (tertiary/aromatic N) is 2. The number of morpholine rings is 1. The molecule has 5 nitrogen and oxygen atoms in total. The van der Waals surface area contributed by atoms with Crippen molar-refractivity contribution in [1.29, 1.82) is 0 Å². The zero-order chi connectivity index (χ0) is 14.5. The van der Waals surface area contributed by atoms with Crippen molar-refractivity contribution in [2.75, 3.05) is 33.4 Å². The molecule has 1 saturated heterocycles. The summed E-state index contributed by atoms with van der Waals surface area (Å²) in [6.07, 6.45) is 0.848. The highest BCUT2D eigenvalue weighted by Crippen LogP contribution is 2.19. The Morgan fingerprint density at radius 2 is 2.35 bits per heavy atom. The first-order valence-corrected chi connectivity index (χ1v) is 7.19. The van der Waals surface area contributed by atoms with E-state index in [1.54, 1.807) is 0 Å². The molecule has 1 fully saturated rings. The van der Waals surface area contributed by atoms with Crippen LogP contribution in [0.2, 0.25) is 0 Å². The van der Waals surface area contributed by atoms with Crippen LogP contribution in [-0.2, 0) is 11.2 Å². The standard InChI is InChI=1S/C15H25N3O2/c1-11(16)8-14-15(5-4-12(2)17-14)20-10-13-9-18(3)6-7-19-13/h4-5,11,13H,6-10,16H2,1-3H3. The second-order valence-electron chi connectivity index (χ2n) is 5.64. The van der Waals surface area contributed by atoms with E-state index in [1.165, 1.54) is 0 Å². The molecular weight excluding hydrogens is 254 g/mol. The van der Waals surface area contributed by atoms with E-state index in [1.807, 2.05) is 26.0 Å². The van der Waals surface area contributed by atoms with Gasteiger partial charge in [-0.25, -0.2) is 0 Å². The van der Waals surface area contributed by atoms with Gasteiger partial charge in [-0.3, -0.25) is 4.98 Å². The predicted molar refractivity (Wildman–Crippen MR) is 79.1 cm³/mol. The Kier molecular flexibility index (Phi) is 5.34. The smallest absolute Gasteiger partial charge is 0.141 e. The van der Waals surface area contributed by atoms with Gasteiger partial charge in [-0.05, 0) is 33.0 Å². The van der Waals surface area contributed by atoms with Gasteiger partial charge >= 0.3 is 0 Å². The molecule has 1 aromatic heterocycles. The van der Waals surface area contributed by atoms with E-state index in [-0.39, 0.29) is 12.1 Å². The van der Waals surface area contributed by atoms with Crippen molar-refractivity contribution in [2.45, 2.75) is 32.4 Å². The van der Waals surface area contributed by atoms with Crippen molar-refractivity contribution in [3.05, 3.63) is 23.5 Å². The Labute approximate surface area is 121 Å². The number of hydrogen-bond donors (Lipinski definition) is 1. The number of aromatic nitrogens is 1. The van der Waals surface area contributed by atoms with E-state index in [9.17, 15) is 0 Å². The summed E-state index contributed by atoms with van der Waals surface area (Å²) >= 11 is 0. The van der Waals surface area contributed by atoms with Crippen LogP contribution >= 0.6 is 0 Å². The quantitative estimate of drug-likeness (QED) is 0.871. The second-order valence-corrected chi connectivity index (χ2v) is 5.64. The van der Waals surface area contributed by atoms with Gasteiger partial charge in [0.05, 0.1) is 12.3 Å². The predicted octanol–water partition coefficient (Wildman–Crippen LogP) is 0.989. The molecule has 2 atom stereocenters. The highest BCUT2D eigenvalue weighted by molar-refractivity contribution is 5.30. The molecule has 2 heterocycles. The number of ether oxygens (including phenoxy) is 2. The summed E-state index contributed by atoms with van der Waals surface area (Å²) in [4.78, 5) is 6.79. The van der Waals surface area contributed by atoms with Gasteiger partial charge in [-0.15, -0.1) is 0 Å². The number of rotatable bonds is 5. The summed E-state index contributed by atoms with van der Waals surface area (Å²) in [6.45, 7) is 7.17. The van der Waals surface area contributed by atoms with Crippen LogP contribution < -0.4 is 10.5 Å². The first-order chi connectivity index (χ1) is 9.54. The lowest BCUT2D eigenvalue weighted by molar-refractivity contribution is -0.0405. The van der Waals surface area contributed by atoms with E-state index in [0.717, 1.165) is 43.3 Å². The van der Waals surface area contributed by atoms with Crippen molar-refractivity contribution in [3.63, 3.8) is 0 Å². The maximum absolute atomic E-state index is 5.91. The Hall–Kier alpha value is -1.17. The monoisotopic (exact) mass is 279 g/mol. The summed E-state index contributed by atoms with van der Waals surface area (Å²) in [5, 5.41) is 0. The summed E-state index contributed by atoms with van der Waals surface area (Å²) in [5.74, 6) is 0.824. The molecule has 0 radical (unpaired) electrons. The molecule has 20 heavy (non-hydrogen) atoms. The zero-order valence-electron chi connectivity index (χ0n) is 12.6. The Morgan fingerprint density at radius 3 is 3.05 bits per heavy atom. The molecule has 2 unspecified atom stereocenters. The summed E-state index contributed by atoms with van der Waals surface area (Å²) in [7, 11) is 2.10. The maximum atomic E-state index is 5.91. The topological polar surface area (TPSA) is 60.6 Å². The average molecular weight is 279 g/mol. The van der Waals surface area contributed by atoms with Crippen molar-refractivity contribution in [2.24, 2.45) is 5.73 Å². The normalized spacial score (nSPS) is 21.7. The molecule has 0 saturated carbocycles. The van der Waals surface area contributed by atoms with Gasteiger partial charge in [-0.2, -0.15) is 0 Å². The first-order valence-electron chi connectivity index (χ1n) is 7.19. The van der Waals surface area contributed by atoms with Crippen LogP contribution in [0.15, 0.2) is 12.1 Å². The van der Waals surface area contributed by atoms with Crippen LogP contribution in [0.5, 0.6) is 5.75 Å². The van der Waals surface area contributed by atoms with Gasteiger partial charge < -0.3 is 20.1 Å². The van der Waals surface area contributed by atoms with E-state index in [4.69, 9.17) is 15.2 Å². The van der Waals surface area contributed by atoms with Crippen LogP contribution in [0.25, 0.3) is 0 Å². The van der Waals surface area contributed by atoms with Crippen LogP contribution in [0, 0.1) is 6.92 Å². The lowest BCUT2D eigenvalue weighted by atomic mass is 10.1. The minimum absolute atomic E-state index is 0.0729. The maximum Gasteiger partial charge on any atom is 0.141 e. The van der Waals surface area contributed by atoms with Gasteiger partial charge in [0.15, 0.2) is 0 Å². The third-order valence-electron chi connectivity index (χ3n) is 3.35. The van der Waals surface area contributed by atoms with Gasteiger partial charge in [0.2, 0.25) is 0 Å². The molecule has 0 amide bonds. The molecule has 2 rings (SSSR count). The van der Waals surface area contributed by atoms with E-state index >= 15 is 0 Å². The van der Waals surface area contributed by atoms with Gasteiger partial charge in [-0.1, -0.05) is 0 Å². The molecule has 1 aliphatic rings. The SMILES string of the molecule is Cc1ccc(OCC2CN(C)CCO2)c(CC(C)N)n1. The lowest BCUT2D eigenvalue weighted by Gasteiger charge is -2.30. The molecule has 0 aromatic carbocycles. The summed E-state index contributed by atoms with van der Waals surface area (Å²) in [6, 6.07) is 4.02. The summed E-state index contributed by atoms with van der Waals surface area (Å²) < 4.78 is 11.6. The van der Waals surface area contributed by atoms with E-state index in [0.29, 0.717) is 6.61 Å². The molecule has 112 valence electrons. The molecule has 1 aromatic rings. The Balaban J connectivity index is 1.97. The molecule has 2 N–H and O–H groups in total. The number of hydrogen-bond acceptors (Lipinski definition) is 5. The number of nitrogens with two attached hydrogens (primary N) is 1. The van der Waals surface area contributed by atoms with Crippen LogP contribution in [0.3, 0.4) is 0 Å². The number of pyridine rings is 1. The fourth-order valence-corrected chi connectivity index (χ4v) is 2.33. The minimum Gasteiger partial charge on any atom is -0.489 e. The lowest BCUT2D eigenvalue weighted by Crippen LogP contribution is -2.42. The molecule has 5 heteroatoms. The third kappa shape index (κ3) is 4.44. The fraction of sp³-hybridized carbons (Fsp3) is 0.667. The van der Waals surface area contributed by atoms with Gasteiger partial charge in [0.1, 0.15) is 18.5 Å². The van der Waals surface area contributed by atoms with Crippen molar-refractivity contribution >= 4 is 0 Å².